The minimum Gasteiger partial charge on any atom is -0.463 e. The van der Waals surface area contributed by atoms with E-state index in [0.717, 1.165) is 5.56 Å². The van der Waals surface area contributed by atoms with E-state index in [-0.39, 0.29) is 11.2 Å². The molecule has 4 rings (SSSR count). The number of hydrogen-bond donors (Lipinski definition) is 0. The first kappa shape index (κ1) is 12.8. The van der Waals surface area contributed by atoms with E-state index in [0.29, 0.717) is 27.3 Å². The van der Waals surface area contributed by atoms with Crippen molar-refractivity contribution in [2.75, 3.05) is 0 Å². The van der Waals surface area contributed by atoms with Gasteiger partial charge in [0, 0.05) is 0 Å². The molecule has 0 aliphatic heterocycles. The van der Waals surface area contributed by atoms with Crippen LogP contribution in [-0.2, 0) is 0 Å². The minimum atomic E-state index is -0.324. The van der Waals surface area contributed by atoms with E-state index in [1.165, 1.54) is 18.4 Å². The number of halogens is 1. The lowest BCUT2D eigenvalue weighted by molar-refractivity contribution is 0.605. The molecule has 0 aliphatic rings. The molecular weight excluding hydrogens is 279 g/mol. The summed E-state index contributed by atoms with van der Waals surface area (Å²) in [6.45, 7) is 0. The van der Waals surface area contributed by atoms with Gasteiger partial charge >= 0.3 is 0 Å². The van der Waals surface area contributed by atoms with Crippen LogP contribution in [0.4, 0.5) is 4.39 Å². The first-order valence-electron chi connectivity index (χ1n) is 6.93. The Balaban J connectivity index is 2.14. The lowest BCUT2D eigenvalue weighted by atomic mass is 10.0. The average Bonchev–Trinajstić information content (AvgIpc) is 2.55. The highest BCUT2D eigenvalue weighted by molar-refractivity contribution is 6.06. The van der Waals surface area contributed by atoms with Gasteiger partial charge in [-0.2, -0.15) is 0 Å². The summed E-state index contributed by atoms with van der Waals surface area (Å²) in [5.74, 6) is -0.324. The van der Waals surface area contributed by atoms with E-state index >= 15 is 0 Å². The predicted octanol–water partition coefficient (Wildman–Crippen LogP) is 4.75. The highest BCUT2D eigenvalue weighted by Gasteiger charge is 2.12. The smallest absolute Gasteiger partial charge is 0.201 e. The maximum absolute atomic E-state index is 13.4. The minimum absolute atomic E-state index is 0.107. The summed E-state index contributed by atoms with van der Waals surface area (Å²) in [6, 6.07) is 17.2. The highest BCUT2D eigenvalue weighted by Crippen LogP contribution is 2.26. The van der Waals surface area contributed by atoms with E-state index in [2.05, 4.69) is 0 Å². The van der Waals surface area contributed by atoms with Gasteiger partial charge < -0.3 is 4.42 Å². The fraction of sp³-hybridized carbons (Fsp3) is 0. The van der Waals surface area contributed by atoms with Gasteiger partial charge in [-0.05, 0) is 34.5 Å². The summed E-state index contributed by atoms with van der Waals surface area (Å²) in [6.07, 6.45) is 1.48. The standard InChI is InChI=1S/C19H11FO2/c20-14-7-8-15-13(10-14)6-9-17-18(15)19(21)16(11-22-17)12-4-2-1-3-5-12/h1-11H. The molecule has 0 atom stereocenters. The van der Waals surface area contributed by atoms with Crippen molar-refractivity contribution in [1.82, 2.24) is 0 Å². The molecule has 0 radical (unpaired) electrons. The number of fused-ring (bicyclic) bond motifs is 3. The normalized spacial score (nSPS) is 11.1. The number of rotatable bonds is 1. The second-order valence-electron chi connectivity index (χ2n) is 5.15. The fourth-order valence-electron chi connectivity index (χ4n) is 2.74. The molecule has 0 N–H and O–H groups in total. The van der Waals surface area contributed by atoms with Crippen LogP contribution in [0.5, 0.6) is 0 Å². The van der Waals surface area contributed by atoms with Crippen molar-refractivity contribution < 1.29 is 8.81 Å². The Morgan fingerprint density at radius 2 is 1.73 bits per heavy atom. The molecule has 0 fully saturated rings. The third-order valence-electron chi connectivity index (χ3n) is 3.80. The molecule has 106 valence electrons. The van der Waals surface area contributed by atoms with Gasteiger partial charge in [0.15, 0.2) is 0 Å². The zero-order chi connectivity index (χ0) is 15.1. The molecular formula is C19H11FO2. The maximum Gasteiger partial charge on any atom is 0.201 e. The van der Waals surface area contributed by atoms with Crippen molar-refractivity contribution in [2.24, 2.45) is 0 Å². The van der Waals surface area contributed by atoms with Gasteiger partial charge in [0.05, 0.1) is 10.9 Å². The molecule has 0 saturated heterocycles. The highest BCUT2D eigenvalue weighted by atomic mass is 19.1. The molecule has 3 heteroatoms. The van der Waals surface area contributed by atoms with Crippen molar-refractivity contribution >= 4 is 21.7 Å². The average molecular weight is 290 g/mol. The summed E-state index contributed by atoms with van der Waals surface area (Å²) in [4.78, 5) is 12.9. The Morgan fingerprint density at radius 3 is 2.55 bits per heavy atom. The Morgan fingerprint density at radius 1 is 0.909 bits per heavy atom. The Hall–Kier alpha value is -2.94. The molecule has 2 nitrogen and oxygen atoms in total. The second kappa shape index (κ2) is 4.81. The summed E-state index contributed by atoms with van der Waals surface area (Å²) in [5, 5.41) is 1.87. The third-order valence-corrected chi connectivity index (χ3v) is 3.80. The van der Waals surface area contributed by atoms with Crippen LogP contribution in [0, 0.1) is 5.82 Å². The van der Waals surface area contributed by atoms with Gasteiger partial charge in [0.25, 0.3) is 0 Å². The molecule has 1 aromatic heterocycles. The third kappa shape index (κ3) is 1.91. The van der Waals surface area contributed by atoms with Crippen molar-refractivity contribution in [2.45, 2.75) is 0 Å². The van der Waals surface area contributed by atoms with E-state index < -0.39 is 0 Å². The van der Waals surface area contributed by atoms with Crippen LogP contribution < -0.4 is 5.43 Å². The van der Waals surface area contributed by atoms with E-state index in [1.807, 2.05) is 30.3 Å². The van der Waals surface area contributed by atoms with Crippen LogP contribution in [0.1, 0.15) is 0 Å². The molecule has 3 aromatic carbocycles. The van der Waals surface area contributed by atoms with E-state index in [9.17, 15) is 9.18 Å². The first-order chi connectivity index (χ1) is 10.7. The topological polar surface area (TPSA) is 30.2 Å². The van der Waals surface area contributed by atoms with Crippen molar-refractivity contribution in [3.05, 3.63) is 83.0 Å². The van der Waals surface area contributed by atoms with Crippen LogP contribution >= 0.6 is 0 Å². The molecule has 0 bridgehead atoms. The predicted molar refractivity (Wildman–Crippen MR) is 85.4 cm³/mol. The molecule has 0 amide bonds. The zero-order valence-corrected chi connectivity index (χ0v) is 11.5. The molecule has 0 aliphatic carbocycles. The molecule has 0 unspecified atom stereocenters. The lowest BCUT2D eigenvalue weighted by Gasteiger charge is -2.06. The van der Waals surface area contributed by atoms with Crippen LogP contribution in [0.3, 0.4) is 0 Å². The number of hydrogen-bond acceptors (Lipinski definition) is 2. The van der Waals surface area contributed by atoms with Crippen LogP contribution in [0.2, 0.25) is 0 Å². The SMILES string of the molecule is O=c1c(-c2ccccc2)coc2ccc3cc(F)ccc3c12. The molecule has 0 spiro atoms. The largest absolute Gasteiger partial charge is 0.463 e. The van der Waals surface area contributed by atoms with Crippen LogP contribution in [0.15, 0.2) is 76.1 Å². The van der Waals surface area contributed by atoms with Gasteiger partial charge in [-0.1, -0.05) is 42.5 Å². The summed E-state index contributed by atoms with van der Waals surface area (Å²) in [5.41, 5.74) is 1.70. The van der Waals surface area contributed by atoms with Gasteiger partial charge in [-0.15, -0.1) is 0 Å². The molecule has 0 saturated carbocycles. The fourth-order valence-corrected chi connectivity index (χ4v) is 2.74. The summed E-state index contributed by atoms with van der Waals surface area (Å²) in [7, 11) is 0. The molecule has 4 aromatic rings. The second-order valence-corrected chi connectivity index (χ2v) is 5.15. The van der Waals surface area contributed by atoms with Crippen LogP contribution in [-0.4, -0.2) is 0 Å². The van der Waals surface area contributed by atoms with Gasteiger partial charge in [0.2, 0.25) is 5.43 Å². The van der Waals surface area contributed by atoms with Crippen molar-refractivity contribution in [3.63, 3.8) is 0 Å². The van der Waals surface area contributed by atoms with Crippen molar-refractivity contribution in [1.29, 1.82) is 0 Å². The monoisotopic (exact) mass is 290 g/mol. The lowest BCUT2D eigenvalue weighted by Crippen LogP contribution is -2.05. The molecule has 22 heavy (non-hydrogen) atoms. The summed E-state index contributed by atoms with van der Waals surface area (Å²) >= 11 is 0. The van der Waals surface area contributed by atoms with Gasteiger partial charge in [0.1, 0.15) is 17.7 Å². The zero-order valence-electron chi connectivity index (χ0n) is 11.5. The first-order valence-corrected chi connectivity index (χ1v) is 6.93. The Labute approximate surface area is 125 Å². The van der Waals surface area contributed by atoms with Crippen molar-refractivity contribution in [3.8, 4) is 11.1 Å². The van der Waals surface area contributed by atoms with Gasteiger partial charge in [-0.25, -0.2) is 4.39 Å². The van der Waals surface area contributed by atoms with Crippen LogP contribution in [0.25, 0.3) is 32.9 Å². The quantitative estimate of drug-likeness (QED) is 0.473. The van der Waals surface area contributed by atoms with E-state index in [1.54, 1.807) is 18.2 Å². The Bertz CT molecular complexity index is 1050. The maximum atomic E-state index is 13.4. The summed E-state index contributed by atoms with van der Waals surface area (Å²) < 4.78 is 19.0. The Kier molecular flexibility index (Phi) is 2.79. The van der Waals surface area contributed by atoms with E-state index in [4.69, 9.17) is 4.42 Å². The number of benzene rings is 3. The van der Waals surface area contributed by atoms with Gasteiger partial charge in [-0.3, -0.25) is 4.79 Å². The molecule has 1 heterocycles.